The molecule has 6 heteroatoms. The molecule has 3 amide bonds. The lowest BCUT2D eigenvalue weighted by Crippen LogP contribution is -2.28. The first-order chi connectivity index (χ1) is 14.5. The van der Waals surface area contributed by atoms with Crippen molar-refractivity contribution in [2.75, 3.05) is 29.9 Å². The topological polar surface area (TPSA) is 69.7 Å². The molecule has 0 saturated carbocycles. The second kappa shape index (κ2) is 8.69. The predicted molar refractivity (Wildman–Crippen MR) is 116 cm³/mol. The third kappa shape index (κ3) is 4.22. The molecule has 2 saturated heterocycles. The van der Waals surface area contributed by atoms with Crippen LogP contribution in [0.25, 0.3) is 0 Å². The van der Waals surface area contributed by atoms with Crippen LogP contribution in [0.3, 0.4) is 0 Å². The Kier molecular flexibility index (Phi) is 5.84. The van der Waals surface area contributed by atoms with Gasteiger partial charge in [-0.15, -0.1) is 0 Å². The largest absolute Gasteiger partial charge is 0.339 e. The Labute approximate surface area is 176 Å². The second-order valence-corrected chi connectivity index (χ2v) is 7.99. The van der Waals surface area contributed by atoms with E-state index < -0.39 is 5.92 Å². The van der Waals surface area contributed by atoms with Crippen LogP contribution in [0.1, 0.15) is 42.1 Å². The highest BCUT2D eigenvalue weighted by Gasteiger charge is 2.35. The van der Waals surface area contributed by atoms with Crippen LogP contribution >= 0.6 is 0 Å². The van der Waals surface area contributed by atoms with Crippen LogP contribution in [0.15, 0.2) is 48.5 Å². The van der Waals surface area contributed by atoms with Crippen molar-refractivity contribution in [3.8, 4) is 0 Å². The number of anilines is 2. The number of rotatable bonds is 5. The molecule has 2 aliphatic heterocycles. The number of amides is 3. The van der Waals surface area contributed by atoms with Crippen molar-refractivity contribution in [2.24, 2.45) is 5.92 Å². The van der Waals surface area contributed by atoms with Crippen LogP contribution in [0.2, 0.25) is 0 Å². The molecule has 0 aliphatic carbocycles. The molecule has 2 fully saturated rings. The molecular weight excluding hydrogens is 378 g/mol. The molecule has 156 valence electrons. The van der Waals surface area contributed by atoms with Crippen LogP contribution in [0.4, 0.5) is 11.4 Å². The normalized spacial score (nSPS) is 18.7. The molecular formula is C24H27N3O3. The van der Waals surface area contributed by atoms with Gasteiger partial charge >= 0.3 is 0 Å². The number of hydrogen-bond acceptors (Lipinski definition) is 3. The lowest BCUT2D eigenvalue weighted by atomic mass is 10.1. The third-order valence-electron chi connectivity index (χ3n) is 5.94. The molecule has 2 aliphatic rings. The highest BCUT2D eigenvalue weighted by molar-refractivity contribution is 6.03. The van der Waals surface area contributed by atoms with Gasteiger partial charge in [0.1, 0.15) is 0 Å². The second-order valence-electron chi connectivity index (χ2n) is 7.99. The molecule has 4 rings (SSSR count). The number of nitrogens with zero attached hydrogens (tertiary/aromatic N) is 2. The van der Waals surface area contributed by atoms with Crippen LogP contribution < -0.4 is 10.2 Å². The summed E-state index contributed by atoms with van der Waals surface area (Å²) in [6.45, 7) is 4.09. The first kappa shape index (κ1) is 20.1. The zero-order chi connectivity index (χ0) is 21.1. The van der Waals surface area contributed by atoms with Gasteiger partial charge in [0, 0.05) is 43.0 Å². The summed E-state index contributed by atoms with van der Waals surface area (Å²) in [4.78, 5) is 41.1. The lowest BCUT2D eigenvalue weighted by molar-refractivity contribution is -0.122. The van der Waals surface area contributed by atoms with Gasteiger partial charge < -0.3 is 15.1 Å². The minimum atomic E-state index is -0.394. The summed E-state index contributed by atoms with van der Waals surface area (Å²) in [5, 5.41) is 2.89. The van der Waals surface area contributed by atoms with E-state index >= 15 is 0 Å². The molecule has 1 N–H and O–H groups in total. The van der Waals surface area contributed by atoms with E-state index in [1.807, 2.05) is 29.2 Å². The number of nitrogens with one attached hydrogen (secondary N) is 1. The maximum absolute atomic E-state index is 12.7. The minimum absolute atomic E-state index is 0.0362. The van der Waals surface area contributed by atoms with Gasteiger partial charge in [-0.1, -0.05) is 19.1 Å². The Morgan fingerprint density at radius 1 is 1.00 bits per heavy atom. The quantitative estimate of drug-likeness (QED) is 0.828. The maximum atomic E-state index is 12.7. The Morgan fingerprint density at radius 3 is 2.30 bits per heavy atom. The highest BCUT2D eigenvalue weighted by Crippen LogP contribution is 2.26. The number of aryl methyl sites for hydroxylation is 1. The molecule has 2 aromatic rings. The third-order valence-corrected chi connectivity index (χ3v) is 5.94. The van der Waals surface area contributed by atoms with Crippen LogP contribution in [-0.2, 0) is 16.0 Å². The van der Waals surface area contributed by atoms with Crippen molar-refractivity contribution < 1.29 is 14.4 Å². The summed E-state index contributed by atoms with van der Waals surface area (Å²) in [6, 6.07) is 14.9. The summed E-state index contributed by atoms with van der Waals surface area (Å²) < 4.78 is 0. The summed E-state index contributed by atoms with van der Waals surface area (Å²) in [5.74, 6) is -0.564. The Hall–Kier alpha value is -3.15. The Balaban J connectivity index is 1.36. The highest BCUT2D eigenvalue weighted by atomic mass is 16.2. The fourth-order valence-electron chi connectivity index (χ4n) is 4.09. The zero-order valence-corrected chi connectivity index (χ0v) is 17.3. The van der Waals surface area contributed by atoms with Crippen molar-refractivity contribution in [1.29, 1.82) is 0 Å². The summed E-state index contributed by atoms with van der Waals surface area (Å²) in [5.41, 5.74) is 3.31. The van der Waals surface area contributed by atoms with E-state index in [0.717, 1.165) is 38.0 Å². The molecule has 1 unspecified atom stereocenters. The fourth-order valence-corrected chi connectivity index (χ4v) is 4.09. The summed E-state index contributed by atoms with van der Waals surface area (Å²) >= 11 is 0. The van der Waals surface area contributed by atoms with Crippen LogP contribution in [0.5, 0.6) is 0 Å². The van der Waals surface area contributed by atoms with Gasteiger partial charge in [-0.3, -0.25) is 14.4 Å². The van der Waals surface area contributed by atoms with Gasteiger partial charge in [0.25, 0.3) is 5.91 Å². The summed E-state index contributed by atoms with van der Waals surface area (Å²) in [7, 11) is 0. The molecule has 6 nitrogen and oxygen atoms in total. The Morgan fingerprint density at radius 2 is 1.67 bits per heavy atom. The molecule has 2 aromatic carbocycles. The van der Waals surface area contributed by atoms with E-state index in [4.69, 9.17) is 0 Å². The molecule has 0 spiro atoms. The average molecular weight is 405 g/mol. The smallest absolute Gasteiger partial charge is 0.253 e. The molecule has 30 heavy (non-hydrogen) atoms. The van der Waals surface area contributed by atoms with E-state index in [-0.39, 0.29) is 24.1 Å². The molecule has 0 aromatic heterocycles. The van der Waals surface area contributed by atoms with E-state index in [1.165, 1.54) is 5.56 Å². The first-order valence-electron chi connectivity index (χ1n) is 10.6. The van der Waals surface area contributed by atoms with Gasteiger partial charge in [-0.2, -0.15) is 0 Å². The van der Waals surface area contributed by atoms with E-state index in [2.05, 4.69) is 12.2 Å². The van der Waals surface area contributed by atoms with Gasteiger partial charge in [0.15, 0.2) is 0 Å². The molecule has 0 bridgehead atoms. The molecule has 0 radical (unpaired) electrons. The number of carbonyl (C=O) groups excluding carboxylic acids is 3. The lowest BCUT2D eigenvalue weighted by Gasteiger charge is -2.17. The van der Waals surface area contributed by atoms with Crippen molar-refractivity contribution >= 4 is 29.1 Å². The minimum Gasteiger partial charge on any atom is -0.339 e. The average Bonchev–Trinajstić information content (AvgIpc) is 3.44. The fraction of sp³-hybridized carbons (Fsp3) is 0.375. The SMILES string of the molecule is CCc1ccc(N2CC(C(=O)Nc3ccc(C(=O)N4CCCC4)cc3)CC2=O)cc1. The van der Waals surface area contributed by atoms with Crippen LogP contribution in [0, 0.1) is 5.92 Å². The van der Waals surface area contributed by atoms with Crippen molar-refractivity contribution in [3.05, 3.63) is 59.7 Å². The van der Waals surface area contributed by atoms with Gasteiger partial charge in [0.2, 0.25) is 11.8 Å². The van der Waals surface area contributed by atoms with Gasteiger partial charge in [0.05, 0.1) is 5.92 Å². The van der Waals surface area contributed by atoms with E-state index in [0.29, 0.717) is 17.8 Å². The zero-order valence-electron chi connectivity index (χ0n) is 17.3. The number of hydrogen-bond donors (Lipinski definition) is 1. The number of benzene rings is 2. The van der Waals surface area contributed by atoms with Crippen molar-refractivity contribution in [2.45, 2.75) is 32.6 Å². The maximum Gasteiger partial charge on any atom is 0.253 e. The standard InChI is InChI=1S/C24H27N3O3/c1-2-17-5-11-21(12-6-17)27-16-19(15-22(27)28)23(29)25-20-9-7-18(8-10-20)24(30)26-13-3-4-14-26/h5-12,19H,2-4,13-16H2,1H3,(H,25,29). The van der Waals surface area contributed by atoms with E-state index in [9.17, 15) is 14.4 Å². The summed E-state index contributed by atoms with van der Waals surface area (Å²) in [6.07, 6.45) is 3.26. The van der Waals surface area contributed by atoms with Gasteiger partial charge in [-0.05, 0) is 61.2 Å². The van der Waals surface area contributed by atoms with Crippen molar-refractivity contribution in [3.63, 3.8) is 0 Å². The predicted octanol–water partition coefficient (Wildman–Crippen LogP) is 3.48. The monoisotopic (exact) mass is 405 g/mol. The van der Waals surface area contributed by atoms with Crippen LogP contribution in [-0.4, -0.2) is 42.3 Å². The van der Waals surface area contributed by atoms with Crippen molar-refractivity contribution in [1.82, 2.24) is 4.90 Å². The van der Waals surface area contributed by atoms with Gasteiger partial charge in [-0.25, -0.2) is 0 Å². The first-order valence-corrected chi connectivity index (χ1v) is 10.6. The Bertz CT molecular complexity index is 931. The molecule has 2 heterocycles. The van der Waals surface area contributed by atoms with E-state index in [1.54, 1.807) is 29.2 Å². The number of likely N-dealkylation sites (tertiary alicyclic amines) is 1. The molecule has 1 atom stereocenters. The number of carbonyl (C=O) groups is 3.